The van der Waals surface area contributed by atoms with Gasteiger partial charge in [0, 0.05) is 4.90 Å². The van der Waals surface area contributed by atoms with E-state index in [0.717, 1.165) is 21.8 Å². The fourth-order valence-corrected chi connectivity index (χ4v) is 2.96. The molecule has 0 bridgehead atoms. The Balaban J connectivity index is 2.06. The molecule has 0 amide bonds. The number of aromatic carboxylic acids is 1. The van der Waals surface area contributed by atoms with Gasteiger partial charge in [-0.15, -0.1) is 0 Å². The average molecular weight is 296 g/mol. The van der Waals surface area contributed by atoms with E-state index in [2.05, 4.69) is 9.97 Å². The lowest BCUT2D eigenvalue weighted by atomic mass is 10.2. The molecule has 0 radical (unpaired) electrons. The van der Waals surface area contributed by atoms with Crippen molar-refractivity contribution in [3.05, 3.63) is 59.8 Å². The van der Waals surface area contributed by atoms with E-state index in [9.17, 15) is 9.90 Å². The van der Waals surface area contributed by atoms with E-state index in [-0.39, 0.29) is 5.56 Å². The first kappa shape index (κ1) is 13.6. The SMILES string of the molecule is Cc1nc2ccccc2nc1Sc1ccccc1C(=O)O. The van der Waals surface area contributed by atoms with Gasteiger partial charge in [-0.05, 0) is 31.2 Å². The zero-order chi connectivity index (χ0) is 14.8. The maximum Gasteiger partial charge on any atom is 0.336 e. The van der Waals surface area contributed by atoms with Crippen molar-refractivity contribution in [3.8, 4) is 0 Å². The number of para-hydroxylation sites is 2. The van der Waals surface area contributed by atoms with Gasteiger partial charge in [-0.25, -0.2) is 14.8 Å². The number of aromatic nitrogens is 2. The number of benzene rings is 2. The maximum absolute atomic E-state index is 11.3. The van der Waals surface area contributed by atoms with Gasteiger partial charge in [-0.3, -0.25) is 0 Å². The van der Waals surface area contributed by atoms with E-state index >= 15 is 0 Å². The van der Waals surface area contributed by atoms with Crippen LogP contribution in [0.1, 0.15) is 16.1 Å². The van der Waals surface area contributed by atoms with Crippen LogP contribution in [0.3, 0.4) is 0 Å². The topological polar surface area (TPSA) is 63.1 Å². The molecule has 3 rings (SSSR count). The van der Waals surface area contributed by atoms with Gasteiger partial charge in [0.2, 0.25) is 0 Å². The maximum atomic E-state index is 11.3. The summed E-state index contributed by atoms with van der Waals surface area (Å²) in [5, 5.41) is 9.96. The van der Waals surface area contributed by atoms with E-state index < -0.39 is 5.97 Å². The molecular weight excluding hydrogens is 284 g/mol. The number of fused-ring (bicyclic) bond motifs is 1. The highest BCUT2D eigenvalue weighted by Gasteiger charge is 2.13. The Bertz CT molecular complexity index is 833. The van der Waals surface area contributed by atoms with Crippen molar-refractivity contribution >= 4 is 28.8 Å². The van der Waals surface area contributed by atoms with E-state index in [1.54, 1.807) is 18.2 Å². The summed E-state index contributed by atoms with van der Waals surface area (Å²) in [6.45, 7) is 1.88. The lowest BCUT2D eigenvalue weighted by Crippen LogP contribution is -1.99. The summed E-state index contributed by atoms with van der Waals surface area (Å²) in [7, 11) is 0. The predicted molar refractivity (Wildman–Crippen MR) is 81.8 cm³/mol. The molecule has 3 aromatic rings. The second-order valence-electron chi connectivity index (χ2n) is 4.51. The predicted octanol–water partition coefficient (Wildman–Crippen LogP) is 3.79. The molecule has 1 aromatic heterocycles. The van der Waals surface area contributed by atoms with Crippen LogP contribution < -0.4 is 0 Å². The lowest BCUT2D eigenvalue weighted by Gasteiger charge is -2.08. The van der Waals surface area contributed by atoms with Crippen LogP contribution in [-0.4, -0.2) is 21.0 Å². The highest BCUT2D eigenvalue weighted by atomic mass is 32.2. The molecule has 0 fully saturated rings. The molecule has 0 spiro atoms. The summed E-state index contributed by atoms with van der Waals surface area (Å²) in [5.74, 6) is -0.940. The summed E-state index contributed by atoms with van der Waals surface area (Å²) in [6, 6.07) is 14.5. The first-order valence-corrected chi connectivity index (χ1v) is 7.20. The Kier molecular flexibility index (Phi) is 3.58. The first-order valence-electron chi connectivity index (χ1n) is 6.39. The third-order valence-corrected chi connectivity index (χ3v) is 4.18. The summed E-state index contributed by atoms with van der Waals surface area (Å²) < 4.78 is 0. The molecule has 0 aliphatic rings. The molecule has 1 N–H and O–H groups in total. The summed E-state index contributed by atoms with van der Waals surface area (Å²) in [6.07, 6.45) is 0. The van der Waals surface area contributed by atoms with Crippen molar-refractivity contribution in [2.75, 3.05) is 0 Å². The summed E-state index contributed by atoms with van der Waals surface area (Å²) >= 11 is 1.33. The van der Waals surface area contributed by atoms with Gasteiger partial charge in [0.25, 0.3) is 0 Å². The minimum Gasteiger partial charge on any atom is -0.478 e. The van der Waals surface area contributed by atoms with Crippen LogP contribution in [0.25, 0.3) is 11.0 Å². The second kappa shape index (κ2) is 5.54. The molecule has 21 heavy (non-hydrogen) atoms. The van der Waals surface area contributed by atoms with Crippen molar-refractivity contribution in [2.45, 2.75) is 16.8 Å². The minimum atomic E-state index is -0.940. The van der Waals surface area contributed by atoms with Crippen molar-refractivity contribution in [1.82, 2.24) is 9.97 Å². The third-order valence-electron chi connectivity index (χ3n) is 3.03. The fourth-order valence-electron chi connectivity index (χ4n) is 2.01. The largest absolute Gasteiger partial charge is 0.478 e. The smallest absolute Gasteiger partial charge is 0.336 e. The highest BCUT2D eigenvalue weighted by molar-refractivity contribution is 7.99. The molecule has 5 heteroatoms. The van der Waals surface area contributed by atoms with Crippen LogP contribution in [0.15, 0.2) is 58.5 Å². The normalized spacial score (nSPS) is 10.7. The van der Waals surface area contributed by atoms with E-state index in [1.165, 1.54) is 11.8 Å². The van der Waals surface area contributed by atoms with Crippen LogP contribution in [0.2, 0.25) is 0 Å². The fraction of sp³-hybridized carbons (Fsp3) is 0.0625. The Morgan fingerprint density at radius 1 is 1.00 bits per heavy atom. The van der Waals surface area contributed by atoms with Crippen LogP contribution in [-0.2, 0) is 0 Å². The molecular formula is C16H12N2O2S. The van der Waals surface area contributed by atoms with Gasteiger partial charge in [0.05, 0.1) is 22.3 Å². The number of nitrogens with zero attached hydrogens (tertiary/aromatic N) is 2. The molecule has 1 heterocycles. The Hall–Kier alpha value is -2.40. The number of hydrogen-bond acceptors (Lipinski definition) is 4. The monoisotopic (exact) mass is 296 g/mol. The van der Waals surface area contributed by atoms with Gasteiger partial charge in [0.1, 0.15) is 5.03 Å². The molecule has 0 saturated heterocycles. The van der Waals surface area contributed by atoms with Gasteiger partial charge in [-0.2, -0.15) is 0 Å². The van der Waals surface area contributed by atoms with Crippen LogP contribution in [0.5, 0.6) is 0 Å². The van der Waals surface area contributed by atoms with E-state index in [1.807, 2.05) is 37.3 Å². The van der Waals surface area contributed by atoms with Gasteiger partial charge < -0.3 is 5.11 Å². The van der Waals surface area contributed by atoms with E-state index in [4.69, 9.17) is 0 Å². The number of carbonyl (C=O) groups is 1. The zero-order valence-electron chi connectivity index (χ0n) is 11.3. The van der Waals surface area contributed by atoms with Gasteiger partial charge in [-0.1, -0.05) is 36.0 Å². The minimum absolute atomic E-state index is 0.275. The summed E-state index contributed by atoms with van der Waals surface area (Å²) in [4.78, 5) is 21.0. The Labute approximate surface area is 125 Å². The number of carboxylic acid groups (broad SMARTS) is 1. The highest BCUT2D eigenvalue weighted by Crippen LogP contribution is 2.31. The molecule has 0 atom stereocenters. The van der Waals surface area contributed by atoms with Crippen LogP contribution in [0, 0.1) is 6.92 Å². The number of aryl methyl sites for hydroxylation is 1. The molecule has 0 aliphatic carbocycles. The van der Waals surface area contributed by atoms with Crippen LogP contribution in [0.4, 0.5) is 0 Å². The quantitative estimate of drug-likeness (QED) is 0.796. The molecule has 0 aliphatic heterocycles. The zero-order valence-corrected chi connectivity index (χ0v) is 12.1. The summed E-state index contributed by atoms with van der Waals surface area (Å²) in [5.41, 5.74) is 2.71. The van der Waals surface area contributed by atoms with Crippen molar-refractivity contribution in [1.29, 1.82) is 0 Å². The van der Waals surface area contributed by atoms with Gasteiger partial charge >= 0.3 is 5.97 Å². The lowest BCUT2D eigenvalue weighted by molar-refractivity contribution is 0.0693. The molecule has 0 unspecified atom stereocenters. The third kappa shape index (κ3) is 2.73. The number of hydrogen-bond donors (Lipinski definition) is 1. The van der Waals surface area contributed by atoms with Crippen molar-refractivity contribution in [3.63, 3.8) is 0 Å². The van der Waals surface area contributed by atoms with E-state index in [0.29, 0.717) is 4.90 Å². The Morgan fingerprint density at radius 2 is 1.62 bits per heavy atom. The Morgan fingerprint density at radius 3 is 2.33 bits per heavy atom. The number of carboxylic acids is 1. The molecule has 2 aromatic carbocycles. The first-order chi connectivity index (χ1) is 10.1. The van der Waals surface area contributed by atoms with Crippen molar-refractivity contribution < 1.29 is 9.90 Å². The van der Waals surface area contributed by atoms with Gasteiger partial charge in [0.15, 0.2) is 0 Å². The van der Waals surface area contributed by atoms with Crippen LogP contribution >= 0.6 is 11.8 Å². The average Bonchev–Trinajstić information content (AvgIpc) is 2.48. The second-order valence-corrected chi connectivity index (χ2v) is 5.54. The molecule has 0 saturated carbocycles. The molecule has 104 valence electrons. The molecule has 4 nitrogen and oxygen atoms in total. The van der Waals surface area contributed by atoms with Crippen molar-refractivity contribution in [2.24, 2.45) is 0 Å². The standard InChI is InChI=1S/C16H12N2O2S/c1-10-15(18-13-8-4-3-7-12(13)17-10)21-14-9-5-2-6-11(14)16(19)20/h2-9H,1H3,(H,19,20). The number of rotatable bonds is 3.